The highest BCUT2D eigenvalue weighted by Gasteiger charge is 2.35. The van der Waals surface area contributed by atoms with Gasteiger partial charge in [0.25, 0.3) is 0 Å². The van der Waals surface area contributed by atoms with Crippen molar-refractivity contribution in [2.45, 2.75) is 51.8 Å². The third-order valence-electron chi connectivity index (χ3n) is 4.66. The van der Waals surface area contributed by atoms with Crippen molar-refractivity contribution in [2.24, 2.45) is 0 Å². The summed E-state index contributed by atoms with van der Waals surface area (Å²) in [4.78, 5) is 10.6. The van der Waals surface area contributed by atoms with Gasteiger partial charge in [0.15, 0.2) is 0 Å². The maximum atomic E-state index is 13.3. The lowest BCUT2D eigenvalue weighted by molar-refractivity contribution is -0.137. The number of sulfonamides is 1. The lowest BCUT2D eigenvalue weighted by atomic mass is 10.1. The summed E-state index contributed by atoms with van der Waals surface area (Å²) in [6.07, 6.45) is -2.25. The Morgan fingerprint density at radius 1 is 1.09 bits per heavy atom. The number of ether oxygens (including phenoxy) is 1. The zero-order valence-corrected chi connectivity index (χ0v) is 19.4. The first-order valence-corrected chi connectivity index (χ1v) is 11.6. The number of benzene rings is 2. The Morgan fingerprint density at radius 3 is 2.18 bits per heavy atom. The maximum absolute atomic E-state index is 13.3. The number of carboxylic acids is 1. The van der Waals surface area contributed by atoms with E-state index in [0.29, 0.717) is 11.1 Å². The monoisotopic (exact) mass is 485 g/mol. The molecule has 0 aliphatic rings. The highest BCUT2D eigenvalue weighted by molar-refractivity contribution is 7.93. The highest BCUT2D eigenvalue weighted by atomic mass is 32.2. The number of aliphatic carboxylic acids is 1. The summed E-state index contributed by atoms with van der Waals surface area (Å²) >= 11 is 0. The molecule has 0 bridgehead atoms. The van der Waals surface area contributed by atoms with Crippen LogP contribution in [0.3, 0.4) is 0 Å². The van der Waals surface area contributed by atoms with Crippen LogP contribution in [0.5, 0.6) is 5.75 Å². The molecule has 0 unspecified atom stereocenters. The van der Waals surface area contributed by atoms with Crippen molar-refractivity contribution in [1.82, 2.24) is 0 Å². The van der Waals surface area contributed by atoms with E-state index in [1.54, 1.807) is 38.1 Å². The Kier molecular flexibility index (Phi) is 8.18. The molecular formula is C23H26F3NO5S. The minimum atomic E-state index is -4.63. The molecule has 6 nitrogen and oxygen atoms in total. The summed E-state index contributed by atoms with van der Waals surface area (Å²) in [6, 6.07) is 8.72. The van der Waals surface area contributed by atoms with Gasteiger partial charge in [0, 0.05) is 12.1 Å². The number of anilines is 1. The highest BCUT2D eigenvalue weighted by Crippen LogP contribution is 2.39. The minimum Gasteiger partial charge on any atom is -0.487 e. The topological polar surface area (TPSA) is 83.9 Å². The van der Waals surface area contributed by atoms with Crippen LogP contribution in [0.2, 0.25) is 0 Å². The number of nitrogens with zero attached hydrogens (tertiary/aromatic N) is 1. The fourth-order valence-electron chi connectivity index (χ4n) is 2.98. The van der Waals surface area contributed by atoms with Gasteiger partial charge in [0.05, 0.1) is 16.5 Å². The van der Waals surface area contributed by atoms with Crippen LogP contribution in [0, 0.1) is 0 Å². The van der Waals surface area contributed by atoms with Gasteiger partial charge >= 0.3 is 12.1 Å². The molecule has 0 amide bonds. The largest absolute Gasteiger partial charge is 0.487 e. The van der Waals surface area contributed by atoms with Crippen LogP contribution in [-0.2, 0) is 27.6 Å². The van der Waals surface area contributed by atoms with E-state index in [-0.39, 0.29) is 18.0 Å². The Morgan fingerprint density at radius 2 is 1.70 bits per heavy atom. The van der Waals surface area contributed by atoms with Gasteiger partial charge < -0.3 is 9.84 Å². The number of alkyl halides is 3. The Hall–Kier alpha value is -3.01. The zero-order valence-electron chi connectivity index (χ0n) is 18.6. The molecule has 0 radical (unpaired) electrons. The fraction of sp³-hybridized carbons (Fsp3) is 0.348. The number of carbonyl (C=O) groups is 1. The summed E-state index contributed by atoms with van der Waals surface area (Å²) in [7, 11) is -3.85. The van der Waals surface area contributed by atoms with Crippen LogP contribution >= 0.6 is 0 Å². The summed E-state index contributed by atoms with van der Waals surface area (Å²) < 4.78 is 72.6. The molecule has 10 heteroatoms. The number of hydrogen-bond acceptors (Lipinski definition) is 4. The summed E-state index contributed by atoms with van der Waals surface area (Å²) in [5.74, 6) is -1.30. The third-order valence-corrected chi connectivity index (χ3v) is 7.01. The molecule has 2 aromatic carbocycles. The molecular weight excluding hydrogens is 459 g/mol. The molecule has 0 aromatic heterocycles. The van der Waals surface area contributed by atoms with E-state index in [1.165, 1.54) is 19.9 Å². The van der Waals surface area contributed by atoms with Crippen LogP contribution in [0.4, 0.5) is 18.9 Å². The Bertz CT molecular complexity index is 1110. The summed E-state index contributed by atoms with van der Waals surface area (Å²) in [5.41, 5.74) is 0.289. The quantitative estimate of drug-likeness (QED) is 0.485. The maximum Gasteiger partial charge on any atom is 0.416 e. The molecule has 2 rings (SSSR count). The van der Waals surface area contributed by atoms with Crippen LogP contribution in [0.15, 0.2) is 48.5 Å². The van der Waals surface area contributed by atoms with Crippen molar-refractivity contribution >= 4 is 27.8 Å². The molecule has 0 aliphatic heterocycles. The Balaban J connectivity index is 2.44. The van der Waals surface area contributed by atoms with E-state index in [2.05, 4.69) is 0 Å². The van der Waals surface area contributed by atoms with Gasteiger partial charge in [-0.3, -0.25) is 4.31 Å². The number of halogens is 3. The number of rotatable bonds is 9. The molecule has 0 atom stereocenters. The van der Waals surface area contributed by atoms with E-state index >= 15 is 0 Å². The predicted octanol–water partition coefficient (Wildman–Crippen LogP) is 5.34. The van der Waals surface area contributed by atoms with Crippen LogP contribution in [0.25, 0.3) is 6.08 Å². The van der Waals surface area contributed by atoms with Crippen molar-refractivity contribution in [1.29, 1.82) is 0 Å². The van der Waals surface area contributed by atoms with Gasteiger partial charge in [-0.1, -0.05) is 24.3 Å². The van der Waals surface area contributed by atoms with E-state index in [0.717, 1.165) is 28.6 Å². The van der Waals surface area contributed by atoms with E-state index < -0.39 is 39.0 Å². The van der Waals surface area contributed by atoms with Gasteiger partial charge in [0.2, 0.25) is 10.0 Å². The first-order chi connectivity index (χ1) is 15.2. The van der Waals surface area contributed by atoms with Crippen molar-refractivity contribution in [3.8, 4) is 5.75 Å². The van der Waals surface area contributed by atoms with E-state index in [4.69, 9.17) is 9.84 Å². The van der Waals surface area contributed by atoms with Gasteiger partial charge in [0.1, 0.15) is 12.4 Å². The number of hydrogen-bond donors (Lipinski definition) is 1. The second-order valence-corrected chi connectivity index (χ2v) is 10.2. The molecule has 0 spiro atoms. The van der Waals surface area contributed by atoms with Crippen LogP contribution < -0.4 is 9.04 Å². The van der Waals surface area contributed by atoms with Crippen molar-refractivity contribution in [2.75, 3.05) is 4.31 Å². The van der Waals surface area contributed by atoms with Crippen molar-refractivity contribution in [3.63, 3.8) is 0 Å². The molecule has 0 aliphatic carbocycles. The van der Waals surface area contributed by atoms with Gasteiger partial charge in [-0.05, 0) is 63.1 Å². The molecule has 0 saturated carbocycles. The normalized spacial score (nSPS) is 12.5. The second-order valence-electron chi connectivity index (χ2n) is 7.87. The Labute approximate surface area is 191 Å². The van der Waals surface area contributed by atoms with Crippen molar-refractivity contribution < 1.29 is 36.2 Å². The third kappa shape index (κ3) is 6.74. The van der Waals surface area contributed by atoms with Crippen LogP contribution in [0.1, 0.15) is 44.4 Å². The van der Waals surface area contributed by atoms with Crippen molar-refractivity contribution in [3.05, 3.63) is 65.2 Å². The summed E-state index contributed by atoms with van der Waals surface area (Å²) in [5, 5.41) is 7.90. The number of carboxylic acid groups (broad SMARTS) is 1. The molecule has 180 valence electrons. The fourth-order valence-corrected chi connectivity index (χ4v) is 4.44. The lowest BCUT2D eigenvalue weighted by Crippen LogP contribution is -2.41. The molecule has 0 fully saturated rings. The zero-order chi connectivity index (χ0) is 25.0. The van der Waals surface area contributed by atoms with Crippen LogP contribution in [-0.4, -0.2) is 30.8 Å². The smallest absolute Gasteiger partial charge is 0.416 e. The molecule has 2 aromatic rings. The first-order valence-electron chi connectivity index (χ1n) is 10.1. The minimum absolute atomic E-state index is 0.0210. The standard InChI is InChI=1S/C23H26F3NO5S/c1-15(2)27(33(30,31)16(3)4)20-11-10-19(23(24,25)26)13-21(20)32-14-18-7-5-17(6-8-18)9-12-22(28)29/h5-13,15-16H,14H2,1-4H3,(H,28,29). The summed E-state index contributed by atoms with van der Waals surface area (Å²) in [6.45, 7) is 6.13. The lowest BCUT2D eigenvalue weighted by Gasteiger charge is -2.31. The van der Waals surface area contributed by atoms with Gasteiger partial charge in [-0.15, -0.1) is 0 Å². The van der Waals surface area contributed by atoms with Gasteiger partial charge in [-0.2, -0.15) is 13.2 Å². The SMILES string of the molecule is CC(C)N(c1ccc(C(F)(F)F)cc1OCc1ccc(C=CC(=O)O)cc1)S(=O)(=O)C(C)C. The molecule has 0 heterocycles. The second kappa shape index (κ2) is 10.3. The average Bonchev–Trinajstić information content (AvgIpc) is 2.70. The molecule has 0 saturated heterocycles. The van der Waals surface area contributed by atoms with E-state index in [1.807, 2.05) is 0 Å². The predicted molar refractivity (Wildman–Crippen MR) is 121 cm³/mol. The average molecular weight is 486 g/mol. The first kappa shape index (κ1) is 26.2. The molecule has 1 N–H and O–H groups in total. The van der Waals surface area contributed by atoms with Gasteiger partial charge in [-0.25, -0.2) is 13.2 Å². The van der Waals surface area contributed by atoms with E-state index in [9.17, 15) is 26.4 Å². The molecule has 33 heavy (non-hydrogen) atoms.